The Morgan fingerprint density at radius 1 is 1.53 bits per heavy atom. The predicted octanol–water partition coefficient (Wildman–Crippen LogP) is 3.37. The summed E-state index contributed by atoms with van der Waals surface area (Å²) in [6.45, 7) is 5.81. The summed E-state index contributed by atoms with van der Waals surface area (Å²) in [4.78, 5) is 13.9. The summed E-state index contributed by atoms with van der Waals surface area (Å²) >= 11 is 6.06. The Labute approximate surface area is 119 Å². The second-order valence-corrected chi connectivity index (χ2v) is 4.71. The Kier molecular flexibility index (Phi) is 6.60. The molecule has 0 fully saturated rings. The van der Waals surface area contributed by atoms with Gasteiger partial charge in [0.25, 0.3) is 0 Å². The highest BCUT2D eigenvalue weighted by Gasteiger charge is 2.23. The number of nitrogens with zero attached hydrogens (tertiary/aromatic N) is 1. The molecule has 0 N–H and O–H groups in total. The number of methoxy groups -OCH3 is 1. The van der Waals surface area contributed by atoms with Crippen molar-refractivity contribution in [1.82, 2.24) is 0 Å². The molecule has 0 bridgehead atoms. The van der Waals surface area contributed by atoms with Crippen molar-refractivity contribution in [3.8, 4) is 0 Å². The molecular formula is C15H20ClNO2. The number of benzene rings is 1. The van der Waals surface area contributed by atoms with Crippen molar-refractivity contribution in [2.75, 3.05) is 18.7 Å². The molecule has 104 valence electrons. The van der Waals surface area contributed by atoms with Crippen LogP contribution in [0.3, 0.4) is 0 Å². The van der Waals surface area contributed by atoms with Gasteiger partial charge in [-0.3, -0.25) is 9.69 Å². The summed E-state index contributed by atoms with van der Waals surface area (Å²) in [6, 6.07) is 7.71. The topological polar surface area (TPSA) is 29.5 Å². The number of hydrogen-bond acceptors (Lipinski definition) is 2. The highest BCUT2D eigenvalue weighted by Crippen LogP contribution is 2.23. The van der Waals surface area contributed by atoms with Gasteiger partial charge in [-0.15, -0.1) is 18.2 Å². The molecule has 1 aromatic rings. The molecule has 4 heteroatoms. The molecular weight excluding hydrogens is 262 g/mol. The van der Waals surface area contributed by atoms with E-state index in [2.05, 4.69) is 6.58 Å². The van der Waals surface area contributed by atoms with Crippen LogP contribution in [0.15, 0.2) is 36.9 Å². The first-order valence-corrected chi connectivity index (χ1v) is 6.72. The van der Waals surface area contributed by atoms with Gasteiger partial charge in [0.1, 0.15) is 12.1 Å². The van der Waals surface area contributed by atoms with Crippen molar-refractivity contribution in [3.63, 3.8) is 0 Å². The van der Waals surface area contributed by atoms with Gasteiger partial charge in [0, 0.05) is 12.8 Å². The van der Waals surface area contributed by atoms with E-state index < -0.39 is 5.38 Å². The maximum absolute atomic E-state index is 12.3. The number of ether oxygens (including phenoxy) is 1. The molecule has 0 spiro atoms. The number of allylic oxidation sites excluding steroid dienone is 1. The standard InChI is InChI=1S/C15H20ClNO2/c1-4-8-12-9-6-7-10-14(12)17(11-19-3)15(18)13(16)5-2/h4,6-7,9-10,13H,1,5,8,11H2,2-3H3. The summed E-state index contributed by atoms with van der Waals surface area (Å²) in [6.07, 6.45) is 3.10. The average Bonchev–Trinajstić information content (AvgIpc) is 2.44. The average molecular weight is 282 g/mol. The highest BCUT2D eigenvalue weighted by atomic mass is 35.5. The van der Waals surface area contributed by atoms with Crippen molar-refractivity contribution in [1.29, 1.82) is 0 Å². The Hall–Kier alpha value is -1.32. The molecule has 1 aromatic carbocycles. The first-order valence-electron chi connectivity index (χ1n) is 6.28. The number of halogens is 1. The van der Waals surface area contributed by atoms with Crippen LogP contribution in [-0.4, -0.2) is 25.1 Å². The van der Waals surface area contributed by atoms with E-state index in [9.17, 15) is 4.79 Å². The smallest absolute Gasteiger partial charge is 0.246 e. The lowest BCUT2D eigenvalue weighted by Gasteiger charge is -2.26. The van der Waals surface area contributed by atoms with Crippen LogP contribution >= 0.6 is 11.6 Å². The number of rotatable bonds is 7. The van der Waals surface area contributed by atoms with Gasteiger partial charge in [-0.2, -0.15) is 0 Å². The molecule has 1 amide bonds. The van der Waals surface area contributed by atoms with Crippen LogP contribution < -0.4 is 4.90 Å². The zero-order valence-electron chi connectivity index (χ0n) is 11.4. The number of carbonyl (C=O) groups excluding carboxylic acids is 1. The van der Waals surface area contributed by atoms with Crippen molar-refractivity contribution in [2.24, 2.45) is 0 Å². The fourth-order valence-electron chi connectivity index (χ4n) is 1.83. The van der Waals surface area contributed by atoms with Crippen LogP contribution in [0.4, 0.5) is 5.69 Å². The quantitative estimate of drug-likeness (QED) is 0.436. The lowest BCUT2D eigenvalue weighted by atomic mass is 10.1. The van der Waals surface area contributed by atoms with Crippen LogP contribution in [0.25, 0.3) is 0 Å². The van der Waals surface area contributed by atoms with E-state index >= 15 is 0 Å². The maximum Gasteiger partial charge on any atom is 0.246 e. The van der Waals surface area contributed by atoms with E-state index in [1.54, 1.807) is 12.0 Å². The zero-order valence-corrected chi connectivity index (χ0v) is 12.2. The third kappa shape index (κ3) is 4.08. The minimum atomic E-state index is -0.535. The lowest BCUT2D eigenvalue weighted by Crippen LogP contribution is -2.38. The Morgan fingerprint density at radius 3 is 2.79 bits per heavy atom. The molecule has 1 rings (SSSR count). The van der Waals surface area contributed by atoms with Crippen LogP contribution in [0.2, 0.25) is 0 Å². The van der Waals surface area contributed by atoms with E-state index in [1.165, 1.54) is 0 Å². The van der Waals surface area contributed by atoms with Gasteiger partial charge >= 0.3 is 0 Å². The molecule has 1 unspecified atom stereocenters. The van der Waals surface area contributed by atoms with Gasteiger partial charge in [0.2, 0.25) is 5.91 Å². The monoisotopic (exact) mass is 281 g/mol. The molecule has 0 aliphatic rings. The number of amides is 1. The highest BCUT2D eigenvalue weighted by molar-refractivity contribution is 6.32. The molecule has 0 saturated carbocycles. The minimum Gasteiger partial charge on any atom is -0.364 e. The summed E-state index contributed by atoms with van der Waals surface area (Å²) in [7, 11) is 1.56. The van der Waals surface area contributed by atoms with Gasteiger partial charge in [-0.25, -0.2) is 0 Å². The van der Waals surface area contributed by atoms with Crippen molar-refractivity contribution < 1.29 is 9.53 Å². The van der Waals surface area contributed by atoms with Gasteiger partial charge in [-0.1, -0.05) is 31.2 Å². The number of anilines is 1. The summed E-state index contributed by atoms with van der Waals surface area (Å²) in [5.74, 6) is -0.137. The first-order chi connectivity index (χ1) is 9.15. The summed E-state index contributed by atoms with van der Waals surface area (Å²) in [5.41, 5.74) is 1.86. The number of hydrogen-bond donors (Lipinski definition) is 0. The largest absolute Gasteiger partial charge is 0.364 e. The molecule has 19 heavy (non-hydrogen) atoms. The summed E-state index contributed by atoms with van der Waals surface area (Å²) in [5, 5.41) is -0.535. The number of para-hydroxylation sites is 1. The molecule has 0 heterocycles. The van der Waals surface area contributed by atoms with E-state index in [-0.39, 0.29) is 12.6 Å². The van der Waals surface area contributed by atoms with Crippen molar-refractivity contribution >= 4 is 23.2 Å². The van der Waals surface area contributed by atoms with E-state index in [0.29, 0.717) is 12.8 Å². The molecule has 0 aliphatic carbocycles. The van der Waals surface area contributed by atoms with Crippen LogP contribution in [0.1, 0.15) is 18.9 Å². The molecule has 3 nitrogen and oxygen atoms in total. The molecule has 0 aromatic heterocycles. The second-order valence-electron chi connectivity index (χ2n) is 4.18. The molecule has 0 saturated heterocycles. The molecule has 0 aliphatic heterocycles. The van der Waals surface area contributed by atoms with Crippen molar-refractivity contribution in [3.05, 3.63) is 42.5 Å². The van der Waals surface area contributed by atoms with Gasteiger partial charge in [-0.05, 0) is 24.5 Å². The minimum absolute atomic E-state index is 0.137. The van der Waals surface area contributed by atoms with E-state index in [0.717, 1.165) is 11.3 Å². The predicted molar refractivity (Wildman–Crippen MR) is 79.6 cm³/mol. The zero-order chi connectivity index (χ0) is 14.3. The van der Waals surface area contributed by atoms with Gasteiger partial charge in [0.05, 0.1) is 0 Å². The van der Waals surface area contributed by atoms with Crippen LogP contribution in [-0.2, 0) is 16.0 Å². The Bertz CT molecular complexity index is 434. The third-order valence-electron chi connectivity index (χ3n) is 2.80. The van der Waals surface area contributed by atoms with E-state index in [4.69, 9.17) is 16.3 Å². The molecule has 0 radical (unpaired) electrons. The molecule has 1 atom stereocenters. The van der Waals surface area contributed by atoms with Crippen LogP contribution in [0, 0.1) is 0 Å². The first kappa shape index (κ1) is 15.7. The SMILES string of the molecule is C=CCc1ccccc1N(COC)C(=O)C(Cl)CC. The third-order valence-corrected chi connectivity index (χ3v) is 3.29. The lowest BCUT2D eigenvalue weighted by molar-refractivity contribution is -0.119. The maximum atomic E-state index is 12.3. The fraction of sp³-hybridized carbons (Fsp3) is 0.400. The summed E-state index contributed by atoms with van der Waals surface area (Å²) < 4.78 is 5.13. The van der Waals surface area contributed by atoms with Crippen molar-refractivity contribution in [2.45, 2.75) is 25.1 Å². The number of carbonyl (C=O) groups is 1. The Balaban J connectivity index is 3.11. The van der Waals surface area contributed by atoms with E-state index in [1.807, 2.05) is 37.3 Å². The Morgan fingerprint density at radius 2 is 2.21 bits per heavy atom. The second kappa shape index (κ2) is 7.97. The van der Waals surface area contributed by atoms with Gasteiger partial charge in [0.15, 0.2) is 0 Å². The normalized spacial score (nSPS) is 11.9. The van der Waals surface area contributed by atoms with Crippen LogP contribution in [0.5, 0.6) is 0 Å². The fourth-order valence-corrected chi connectivity index (χ4v) is 1.94. The van der Waals surface area contributed by atoms with Gasteiger partial charge < -0.3 is 4.74 Å². The number of alkyl halides is 1.